The van der Waals surface area contributed by atoms with Crippen LogP contribution in [-0.2, 0) is 0 Å². The van der Waals surface area contributed by atoms with Gasteiger partial charge in [-0.25, -0.2) is 4.98 Å². The highest BCUT2D eigenvalue weighted by atomic mass is 16.6. The van der Waals surface area contributed by atoms with E-state index >= 15 is 0 Å². The molecule has 2 rings (SSSR count). The summed E-state index contributed by atoms with van der Waals surface area (Å²) in [6.45, 7) is 2.65. The van der Waals surface area contributed by atoms with E-state index < -0.39 is 4.92 Å². The second-order valence-electron chi connectivity index (χ2n) is 4.67. The zero-order valence-electron chi connectivity index (χ0n) is 10.5. The monoisotopic (exact) mass is 251 g/mol. The van der Waals surface area contributed by atoms with E-state index in [4.69, 9.17) is 4.74 Å². The number of nitrogens with zero attached hydrogens (tertiary/aromatic N) is 2. The van der Waals surface area contributed by atoms with Gasteiger partial charge >= 0.3 is 5.69 Å². The van der Waals surface area contributed by atoms with Crippen molar-refractivity contribution in [1.82, 2.24) is 10.3 Å². The van der Waals surface area contributed by atoms with Crippen LogP contribution >= 0.6 is 0 Å². The maximum absolute atomic E-state index is 11.0. The molecule has 0 radical (unpaired) electrons. The Hall–Kier alpha value is -1.69. The van der Waals surface area contributed by atoms with Gasteiger partial charge in [0, 0.05) is 11.8 Å². The molecule has 1 aromatic heterocycles. The van der Waals surface area contributed by atoms with Crippen molar-refractivity contribution in [3.8, 4) is 5.88 Å². The van der Waals surface area contributed by atoms with Crippen LogP contribution in [0.15, 0.2) is 12.3 Å². The van der Waals surface area contributed by atoms with E-state index in [1.165, 1.54) is 0 Å². The largest absolute Gasteiger partial charge is 0.469 e. The van der Waals surface area contributed by atoms with Crippen LogP contribution in [0.2, 0.25) is 0 Å². The summed E-state index contributed by atoms with van der Waals surface area (Å²) in [6.07, 6.45) is 3.44. The van der Waals surface area contributed by atoms with E-state index in [1.807, 2.05) is 7.05 Å². The Bertz CT molecular complexity index is 444. The first kappa shape index (κ1) is 12.8. The third kappa shape index (κ3) is 2.59. The first-order valence-electron chi connectivity index (χ1n) is 6.03. The van der Waals surface area contributed by atoms with Gasteiger partial charge in [-0.05, 0) is 45.3 Å². The molecular formula is C12H17N3O3. The van der Waals surface area contributed by atoms with Gasteiger partial charge in [0.2, 0.25) is 0 Å². The Balaban J connectivity index is 2.02. The van der Waals surface area contributed by atoms with Crippen molar-refractivity contribution < 1.29 is 9.66 Å². The molecule has 1 heterocycles. The fourth-order valence-corrected chi connectivity index (χ4v) is 2.22. The highest BCUT2D eigenvalue weighted by Gasteiger charge is 2.32. The molecular weight excluding hydrogens is 234 g/mol. The van der Waals surface area contributed by atoms with E-state index in [0.29, 0.717) is 11.5 Å². The zero-order chi connectivity index (χ0) is 13.1. The molecule has 0 aromatic carbocycles. The van der Waals surface area contributed by atoms with Crippen molar-refractivity contribution in [1.29, 1.82) is 0 Å². The maximum Gasteiger partial charge on any atom is 0.333 e. The van der Waals surface area contributed by atoms with Crippen molar-refractivity contribution in [2.45, 2.75) is 25.9 Å². The van der Waals surface area contributed by atoms with Crippen LogP contribution in [-0.4, -0.2) is 29.6 Å². The smallest absolute Gasteiger partial charge is 0.333 e. The highest BCUT2D eigenvalue weighted by molar-refractivity contribution is 5.47. The Morgan fingerprint density at radius 1 is 1.61 bits per heavy atom. The van der Waals surface area contributed by atoms with Crippen LogP contribution in [0.25, 0.3) is 0 Å². The predicted octanol–water partition coefficient (Wildman–Crippen LogP) is 1.68. The Morgan fingerprint density at radius 2 is 2.33 bits per heavy atom. The Labute approximate surface area is 106 Å². The molecule has 1 aromatic rings. The molecule has 1 aliphatic carbocycles. The number of aromatic nitrogens is 1. The van der Waals surface area contributed by atoms with Crippen molar-refractivity contribution >= 4 is 5.69 Å². The first-order chi connectivity index (χ1) is 8.61. The molecule has 6 heteroatoms. The van der Waals surface area contributed by atoms with Crippen molar-refractivity contribution in [2.75, 3.05) is 13.6 Å². The Kier molecular flexibility index (Phi) is 3.76. The average molecular weight is 251 g/mol. The van der Waals surface area contributed by atoms with E-state index in [1.54, 1.807) is 19.2 Å². The van der Waals surface area contributed by atoms with E-state index in [2.05, 4.69) is 10.3 Å². The van der Waals surface area contributed by atoms with Crippen molar-refractivity contribution in [3.63, 3.8) is 0 Å². The first-order valence-corrected chi connectivity index (χ1v) is 6.03. The summed E-state index contributed by atoms with van der Waals surface area (Å²) < 4.78 is 5.62. The third-order valence-corrected chi connectivity index (χ3v) is 3.24. The molecule has 1 saturated carbocycles. The molecule has 1 fully saturated rings. The highest BCUT2D eigenvalue weighted by Crippen LogP contribution is 2.34. The summed E-state index contributed by atoms with van der Waals surface area (Å²) >= 11 is 0. The minimum atomic E-state index is -0.429. The second kappa shape index (κ2) is 5.30. The quantitative estimate of drug-likeness (QED) is 0.636. The molecule has 0 bridgehead atoms. The molecule has 18 heavy (non-hydrogen) atoms. The standard InChI is InChI=1S/C12H17N3O3/c1-8-3-4-14-12(11(8)15(16)17)18-10-5-9(6-10)7-13-2/h3-4,9-10,13H,5-7H2,1-2H3. The van der Waals surface area contributed by atoms with Crippen molar-refractivity contribution in [3.05, 3.63) is 27.9 Å². The lowest BCUT2D eigenvalue weighted by atomic mass is 9.82. The summed E-state index contributed by atoms with van der Waals surface area (Å²) in [5, 5.41) is 14.1. The molecule has 0 amide bonds. The normalized spacial score (nSPS) is 22.3. The van der Waals surface area contributed by atoms with Gasteiger partial charge in [0.15, 0.2) is 0 Å². The molecule has 0 aliphatic heterocycles. The van der Waals surface area contributed by atoms with E-state index in [0.717, 1.165) is 19.4 Å². The topological polar surface area (TPSA) is 77.3 Å². The summed E-state index contributed by atoms with van der Waals surface area (Å²) in [5.41, 5.74) is 0.561. The van der Waals surface area contributed by atoms with Crippen LogP contribution in [0.1, 0.15) is 18.4 Å². The number of rotatable bonds is 5. The van der Waals surface area contributed by atoms with Crippen LogP contribution in [0.4, 0.5) is 5.69 Å². The van der Waals surface area contributed by atoms with E-state index in [9.17, 15) is 10.1 Å². The SMILES string of the molecule is CNCC1CC(Oc2nccc(C)c2[N+](=O)[O-])C1. The number of pyridine rings is 1. The van der Waals surface area contributed by atoms with Crippen LogP contribution in [0, 0.1) is 23.0 Å². The fraction of sp³-hybridized carbons (Fsp3) is 0.583. The van der Waals surface area contributed by atoms with E-state index in [-0.39, 0.29) is 17.7 Å². The summed E-state index contributed by atoms with van der Waals surface area (Å²) in [5.74, 6) is 0.747. The lowest BCUT2D eigenvalue weighted by Gasteiger charge is -2.34. The molecule has 6 nitrogen and oxygen atoms in total. The lowest BCUT2D eigenvalue weighted by Crippen LogP contribution is -2.38. The number of hydrogen-bond acceptors (Lipinski definition) is 5. The van der Waals surface area contributed by atoms with Gasteiger partial charge in [-0.3, -0.25) is 10.1 Å². The van der Waals surface area contributed by atoms with Gasteiger partial charge in [0.05, 0.1) is 4.92 Å². The molecule has 1 N–H and O–H groups in total. The van der Waals surface area contributed by atoms with Gasteiger partial charge in [-0.1, -0.05) is 0 Å². The fourth-order valence-electron chi connectivity index (χ4n) is 2.22. The minimum absolute atomic E-state index is 0.0189. The number of ether oxygens (including phenoxy) is 1. The minimum Gasteiger partial charge on any atom is -0.469 e. The van der Waals surface area contributed by atoms with Crippen LogP contribution in [0.3, 0.4) is 0 Å². The van der Waals surface area contributed by atoms with Gasteiger partial charge in [0.25, 0.3) is 5.88 Å². The molecule has 0 atom stereocenters. The van der Waals surface area contributed by atoms with Gasteiger partial charge < -0.3 is 10.1 Å². The third-order valence-electron chi connectivity index (χ3n) is 3.24. The second-order valence-corrected chi connectivity index (χ2v) is 4.67. The summed E-state index contributed by atoms with van der Waals surface area (Å²) in [6, 6.07) is 1.62. The Morgan fingerprint density at radius 3 is 2.94 bits per heavy atom. The number of hydrogen-bond donors (Lipinski definition) is 1. The average Bonchev–Trinajstić information content (AvgIpc) is 2.25. The zero-order valence-corrected chi connectivity index (χ0v) is 10.5. The maximum atomic E-state index is 11.0. The van der Waals surface area contributed by atoms with Crippen molar-refractivity contribution in [2.24, 2.45) is 5.92 Å². The number of nitrogens with one attached hydrogen (secondary N) is 1. The number of aryl methyl sites for hydroxylation is 1. The molecule has 98 valence electrons. The summed E-state index contributed by atoms with van der Waals surface area (Å²) in [7, 11) is 1.92. The van der Waals surface area contributed by atoms with Crippen LogP contribution in [0.5, 0.6) is 5.88 Å². The van der Waals surface area contributed by atoms with Crippen LogP contribution < -0.4 is 10.1 Å². The lowest BCUT2D eigenvalue weighted by molar-refractivity contribution is -0.387. The molecule has 0 unspecified atom stereocenters. The number of nitro groups is 1. The molecule has 0 spiro atoms. The molecule has 0 saturated heterocycles. The van der Waals surface area contributed by atoms with Gasteiger partial charge in [-0.15, -0.1) is 0 Å². The van der Waals surface area contributed by atoms with Gasteiger partial charge in [-0.2, -0.15) is 0 Å². The summed E-state index contributed by atoms with van der Waals surface area (Å²) in [4.78, 5) is 14.5. The van der Waals surface area contributed by atoms with Gasteiger partial charge in [0.1, 0.15) is 6.10 Å². The molecule has 1 aliphatic rings. The predicted molar refractivity (Wildman–Crippen MR) is 66.7 cm³/mol.